The molecule has 3 aromatic rings. The SMILES string of the molecule is C[C@@H]1C[C@H](Nc2ccc(F)cc2)c2cc(F)ccc2N1C(=O)c1ccc(N)cc1. The number of hydrogen-bond donors (Lipinski definition) is 2. The molecule has 4 nitrogen and oxygen atoms in total. The molecule has 0 aromatic heterocycles. The van der Waals surface area contributed by atoms with Gasteiger partial charge in [0.05, 0.1) is 6.04 Å². The zero-order valence-electron chi connectivity index (χ0n) is 15.9. The summed E-state index contributed by atoms with van der Waals surface area (Å²) in [6, 6.07) is 16.9. The van der Waals surface area contributed by atoms with E-state index in [-0.39, 0.29) is 29.6 Å². The van der Waals surface area contributed by atoms with Gasteiger partial charge in [0.2, 0.25) is 0 Å². The lowest BCUT2D eigenvalue weighted by molar-refractivity contribution is 0.0974. The summed E-state index contributed by atoms with van der Waals surface area (Å²) in [6.45, 7) is 1.96. The summed E-state index contributed by atoms with van der Waals surface area (Å²) in [5.74, 6) is -0.853. The van der Waals surface area contributed by atoms with Crippen molar-refractivity contribution in [3.63, 3.8) is 0 Å². The van der Waals surface area contributed by atoms with Crippen molar-refractivity contribution in [2.45, 2.75) is 25.4 Å². The van der Waals surface area contributed by atoms with Gasteiger partial charge < -0.3 is 16.0 Å². The molecule has 0 spiro atoms. The van der Waals surface area contributed by atoms with Gasteiger partial charge in [-0.05, 0) is 80.1 Å². The molecule has 0 bridgehead atoms. The molecule has 3 N–H and O–H groups in total. The van der Waals surface area contributed by atoms with E-state index in [9.17, 15) is 13.6 Å². The lowest BCUT2D eigenvalue weighted by Crippen LogP contribution is -2.44. The second-order valence-electron chi connectivity index (χ2n) is 7.29. The number of nitrogens with one attached hydrogen (secondary N) is 1. The summed E-state index contributed by atoms with van der Waals surface area (Å²) >= 11 is 0. The van der Waals surface area contributed by atoms with Gasteiger partial charge in [0.15, 0.2) is 0 Å². The zero-order chi connectivity index (χ0) is 20.5. The zero-order valence-corrected chi connectivity index (χ0v) is 15.9. The highest BCUT2D eigenvalue weighted by atomic mass is 19.1. The number of nitrogens with zero attached hydrogens (tertiary/aromatic N) is 1. The van der Waals surface area contributed by atoms with Crippen LogP contribution in [0, 0.1) is 11.6 Å². The van der Waals surface area contributed by atoms with Gasteiger partial charge in [-0.1, -0.05) is 0 Å². The molecule has 1 amide bonds. The Bertz CT molecular complexity index is 1030. The summed E-state index contributed by atoms with van der Waals surface area (Å²) in [5, 5.41) is 3.34. The van der Waals surface area contributed by atoms with Crippen LogP contribution in [0.2, 0.25) is 0 Å². The second kappa shape index (κ2) is 7.54. The lowest BCUT2D eigenvalue weighted by atomic mass is 9.90. The number of fused-ring (bicyclic) bond motifs is 1. The maximum atomic E-state index is 14.1. The summed E-state index contributed by atoms with van der Waals surface area (Å²) in [5.41, 5.74) is 8.91. The van der Waals surface area contributed by atoms with Crippen LogP contribution in [0.25, 0.3) is 0 Å². The molecule has 0 saturated heterocycles. The van der Waals surface area contributed by atoms with Crippen molar-refractivity contribution in [2.75, 3.05) is 16.0 Å². The van der Waals surface area contributed by atoms with E-state index in [0.717, 1.165) is 5.69 Å². The van der Waals surface area contributed by atoms with Crippen LogP contribution in [0.3, 0.4) is 0 Å². The molecule has 0 aliphatic carbocycles. The molecule has 3 aromatic carbocycles. The smallest absolute Gasteiger partial charge is 0.258 e. The fourth-order valence-corrected chi connectivity index (χ4v) is 3.79. The van der Waals surface area contributed by atoms with Crippen molar-refractivity contribution in [1.82, 2.24) is 0 Å². The van der Waals surface area contributed by atoms with Crippen molar-refractivity contribution in [1.29, 1.82) is 0 Å². The Morgan fingerprint density at radius 3 is 2.34 bits per heavy atom. The van der Waals surface area contributed by atoms with E-state index >= 15 is 0 Å². The van der Waals surface area contributed by atoms with Gasteiger partial charge in [-0.15, -0.1) is 0 Å². The van der Waals surface area contributed by atoms with Crippen molar-refractivity contribution < 1.29 is 13.6 Å². The third-order valence-corrected chi connectivity index (χ3v) is 5.20. The average molecular weight is 393 g/mol. The molecule has 148 valence electrons. The first-order valence-corrected chi connectivity index (χ1v) is 9.43. The Morgan fingerprint density at radius 2 is 1.66 bits per heavy atom. The number of halogens is 2. The predicted octanol–water partition coefficient (Wildman–Crippen LogP) is 5.14. The summed E-state index contributed by atoms with van der Waals surface area (Å²) < 4.78 is 27.3. The Hall–Kier alpha value is -3.41. The number of anilines is 3. The van der Waals surface area contributed by atoms with Gasteiger partial charge in [-0.25, -0.2) is 8.78 Å². The average Bonchev–Trinajstić information content (AvgIpc) is 2.70. The number of amides is 1. The molecule has 2 atom stereocenters. The maximum Gasteiger partial charge on any atom is 0.258 e. The van der Waals surface area contributed by atoms with E-state index in [1.54, 1.807) is 47.4 Å². The monoisotopic (exact) mass is 393 g/mol. The van der Waals surface area contributed by atoms with Gasteiger partial charge >= 0.3 is 0 Å². The fourth-order valence-electron chi connectivity index (χ4n) is 3.79. The molecular formula is C23H21F2N3O. The first kappa shape index (κ1) is 18.9. The first-order chi connectivity index (χ1) is 13.9. The fraction of sp³-hybridized carbons (Fsp3) is 0.174. The minimum Gasteiger partial charge on any atom is -0.399 e. The molecule has 0 radical (unpaired) electrons. The Labute approximate surface area is 168 Å². The predicted molar refractivity (Wildman–Crippen MR) is 111 cm³/mol. The number of carbonyl (C=O) groups is 1. The number of nitrogen functional groups attached to an aromatic ring is 1. The van der Waals surface area contributed by atoms with Crippen LogP contribution in [0.4, 0.5) is 25.8 Å². The third kappa shape index (κ3) is 3.78. The second-order valence-corrected chi connectivity index (χ2v) is 7.29. The van der Waals surface area contributed by atoms with Gasteiger partial charge in [0.1, 0.15) is 11.6 Å². The summed E-state index contributed by atoms with van der Waals surface area (Å²) in [6.07, 6.45) is 0.578. The third-order valence-electron chi connectivity index (χ3n) is 5.20. The molecule has 4 rings (SSSR count). The normalized spacial score (nSPS) is 18.2. The highest BCUT2D eigenvalue weighted by Gasteiger charge is 2.34. The van der Waals surface area contributed by atoms with Crippen LogP contribution in [-0.2, 0) is 0 Å². The number of carbonyl (C=O) groups excluding carboxylic acids is 1. The summed E-state index contributed by atoms with van der Waals surface area (Å²) in [7, 11) is 0. The minimum absolute atomic E-state index is 0.129. The van der Waals surface area contributed by atoms with Crippen molar-refractivity contribution in [2.24, 2.45) is 0 Å². The van der Waals surface area contributed by atoms with Crippen LogP contribution >= 0.6 is 0 Å². The van der Waals surface area contributed by atoms with Gasteiger partial charge in [0.25, 0.3) is 5.91 Å². The van der Waals surface area contributed by atoms with Crippen LogP contribution in [0.5, 0.6) is 0 Å². The first-order valence-electron chi connectivity index (χ1n) is 9.43. The van der Waals surface area contributed by atoms with Crippen LogP contribution in [-0.4, -0.2) is 11.9 Å². The number of hydrogen-bond acceptors (Lipinski definition) is 3. The molecule has 6 heteroatoms. The van der Waals surface area contributed by atoms with E-state index in [1.807, 2.05) is 6.92 Å². The molecule has 1 aliphatic heterocycles. The maximum absolute atomic E-state index is 14.1. The molecule has 0 unspecified atom stereocenters. The van der Waals surface area contributed by atoms with Crippen molar-refractivity contribution in [3.05, 3.63) is 89.5 Å². The van der Waals surface area contributed by atoms with E-state index in [1.165, 1.54) is 24.3 Å². The van der Waals surface area contributed by atoms with E-state index in [2.05, 4.69) is 5.32 Å². The Balaban J connectivity index is 1.70. The van der Waals surface area contributed by atoms with Crippen molar-refractivity contribution >= 4 is 23.0 Å². The van der Waals surface area contributed by atoms with Gasteiger partial charge in [-0.2, -0.15) is 0 Å². The Morgan fingerprint density at radius 1 is 1.00 bits per heavy atom. The topological polar surface area (TPSA) is 58.4 Å². The number of benzene rings is 3. The molecule has 0 saturated carbocycles. The molecule has 0 fully saturated rings. The largest absolute Gasteiger partial charge is 0.399 e. The van der Waals surface area contributed by atoms with E-state index < -0.39 is 0 Å². The molecular weight excluding hydrogens is 372 g/mol. The Kier molecular flexibility index (Phi) is 4.92. The van der Waals surface area contributed by atoms with Crippen molar-refractivity contribution in [3.8, 4) is 0 Å². The minimum atomic E-state index is -0.371. The van der Waals surface area contributed by atoms with E-state index in [4.69, 9.17) is 5.73 Å². The highest BCUT2D eigenvalue weighted by Crippen LogP contribution is 2.40. The van der Waals surface area contributed by atoms with E-state index in [0.29, 0.717) is 28.9 Å². The number of nitrogens with two attached hydrogens (primary N) is 1. The van der Waals surface area contributed by atoms with Crippen LogP contribution in [0.1, 0.15) is 35.3 Å². The standard InChI is InChI=1S/C23H21F2N3O/c1-14-12-21(27-19-9-4-16(24)5-10-19)20-13-17(25)6-11-22(20)28(14)23(29)15-2-7-18(26)8-3-15/h2-11,13-14,21,27H,12,26H2,1H3/t14-,21+/m1/s1. The van der Waals surface area contributed by atoms with Crippen LogP contribution in [0.15, 0.2) is 66.7 Å². The molecule has 1 aliphatic rings. The quantitative estimate of drug-likeness (QED) is 0.606. The molecule has 29 heavy (non-hydrogen) atoms. The number of rotatable bonds is 3. The molecule has 1 heterocycles. The van der Waals surface area contributed by atoms with Crippen LogP contribution < -0.4 is 16.0 Å². The van der Waals surface area contributed by atoms with Gasteiger partial charge in [0, 0.05) is 34.2 Å². The van der Waals surface area contributed by atoms with Gasteiger partial charge in [-0.3, -0.25) is 4.79 Å². The lowest BCUT2D eigenvalue weighted by Gasteiger charge is -2.40. The summed E-state index contributed by atoms with van der Waals surface area (Å²) in [4.78, 5) is 14.9. The highest BCUT2D eigenvalue weighted by molar-refractivity contribution is 6.07.